The van der Waals surface area contributed by atoms with E-state index in [-0.39, 0.29) is 11.8 Å². The molecule has 0 aliphatic carbocycles. The Bertz CT molecular complexity index is 947. The molecule has 2 aromatic carbocycles. The molecule has 2 aliphatic heterocycles. The summed E-state index contributed by atoms with van der Waals surface area (Å²) >= 11 is 6.93. The number of nitrogens with zero attached hydrogens (tertiary/aromatic N) is 1. The maximum atomic E-state index is 13.5. The molecule has 0 fully saturated rings. The summed E-state index contributed by atoms with van der Waals surface area (Å²) in [6.07, 6.45) is 3.06. The Morgan fingerprint density at radius 1 is 1.07 bits per heavy atom. The third kappa shape index (κ3) is 2.88. The highest BCUT2D eigenvalue weighted by atomic mass is 79.9. The van der Waals surface area contributed by atoms with Crippen LogP contribution in [0, 0.1) is 0 Å². The van der Waals surface area contributed by atoms with Crippen molar-refractivity contribution in [3.8, 4) is 0 Å². The third-order valence-electron chi connectivity index (χ3n) is 5.06. The van der Waals surface area contributed by atoms with E-state index in [0.717, 1.165) is 39.5 Å². The summed E-state index contributed by atoms with van der Waals surface area (Å²) in [6.45, 7) is 2.77. The standard InChI is InChI=1S/C20H19Br2N3O2/c1-2-3-6-9-25-16-8-5-4-7-14(16)20(19(25)27)23-17-13(18(26)24-20)10-12(21)11-15(17)22/h4-5,7-8,10-11,23H,2-3,6,9H2,1H3,(H,24,26). The fourth-order valence-corrected chi connectivity index (χ4v) is 5.10. The molecule has 2 amide bonds. The maximum Gasteiger partial charge on any atom is 0.278 e. The number of hydrogen-bond acceptors (Lipinski definition) is 3. The van der Waals surface area contributed by atoms with E-state index in [1.165, 1.54) is 0 Å². The van der Waals surface area contributed by atoms with Crippen LogP contribution in [0.5, 0.6) is 0 Å². The first-order chi connectivity index (χ1) is 13.0. The summed E-state index contributed by atoms with van der Waals surface area (Å²) in [4.78, 5) is 28.2. The number of halogens is 2. The van der Waals surface area contributed by atoms with Crippen LogP contribution in [0.2, 0.25) is 0 Å². The molecule has 140 valence electrons. The fourth-order valence-electron chi connectivity index (χ4n) is 3.77. The summed E-state index contributed by atoms with van der Waals surface area (Å²) in [5.74, 6) is -0.419. The molecule has 4 rings (SSSR count). The van der Waals surface area contributed by atoms with Gasteiger partial charge in [0.2, 0.25) is 5.66 Å². The normalized spacial score (nSPS) is 20.3. The lowest BCUT2D eigenvalue weighted by atomic mass is 9.95. The number of carbonyl (C=O) groups excluding carboxylic acids is 2. The molecule has 1 atom stereocenters. The Hall–Kier alpha value is -1.86. The van der Waals surface area contributed by atoms with Gasteiger partial charge in [-0.3, -0.25) is 9.59 Å². The summed E-state index contributed by atoms with van der Waals surface area (Å²) in [6, 6.07) is 11.3. The van der Waals surface area contributed by atoms with Gasteiger partial charge in [0.25, 0.3) is 11.8 Å². The molecule has 1 spiro atoms. The Morgan fingerprint density at radius 2 is 1.85 bits per heavy atom. The topological polar surface area (TPSA) is 61.4 Å². The second kappa shape index (κ2) is 6.95. The number of hydrogen-bond donors (Lipinski definition) is 2. The van der Waals surface area contributed by atoms with Crippen LogP contribution in [-0.4, -0.2) is 18.4 Å². The number of rotatable bonds is 4. The van der Waals surface area contributed by atoms with Crippen LogP contribution in [0.4, 0.5) is 11.4 Å². The van der Waals surface area contributed by atoms with Gasteiger partial charge in [-0.05, 0) is 40.5 Å². The maximum absolute atomic E-state index is 13.5. The Balaban J connectivity index is 1.81. The van der Waals surface area contributed by atoms with Gasteiger partial charge >= 0.3 is 0 Å². The summed E-state index contributed by atoms with van der Waals surface area (Å²) in [7, 11) is 0. The monoisotopic (exact) mass is 491 g/mol. The summed E-state index contributed by atoms with van der Waals surface area (Å²) in [5.41, 5.74) is 1.48. The number of benzene rings is 2. The minimum atomic E-state index is -1.27. The second-order valence-corrected chi connectivity index (χ2v) is 8.59. The van der Waals surface area contributed by atoms with Crippen molar-refractivity contribution >= 4 is 55.0 Å². The van der Waals surface area contributed by atoms with E-state index in [0.29, 0.717) is 17.8 Å². The van der Waals surface area contributed by atoms with E-state index in [4.69, 9.17) is 0 Å². The predicted octanol–water partition coefficient (Wildman–Crippen LogP) is 4.76. The number of anilines is 2. The van der Waals surface area contributed by atoms with Gasteiger partial charge in [0.15, 0.2) is 0 Å². The second-order valence-electron chi connectivity index (χ2n) is 6.82. The fraction of sp³-hybridized carbons (Fsp3) is 0.300. The molecule has 27 heavy (non-hydrogen) atoms. The molecule has 2 aliphatic rings. The van der Waals surface area contributed by atoms with Crippen LogP contribution >= 0.6 is 31.9 Å². The van der Waals surface area contributed by atoms with Gasteiger partial charge in [0.05, 0.1) is 16.9 Å². The molecule has 1 unspecified atom stereocenters. The predicted molar refractivity (Wildman–Crippen MR) is 113 cm³/mol. The lowest BCUT2D eigenvalue weighted by Gasteiger charge is -2.37. The van der Waals surface area contributed by atoms with Gasteiger partial charge in [-0.1, -0.05) is 53.9 Å². The first-order valence-electron chi connectivity index (χ1n) is 8.99. The third-order valence-corrected chi connectivity index (χ3v) is 6.15. The molecule has 5 nitrogen and oxygen atoms in total. The number of fused-ring (bicyclic) bond motifs is 3. The molecular formula is C20H19Br2N3O2. The van der Waals surface area contributed by atoms with Crippen molar-refractivity contribution < 1.29 is 9.59 Å². The Labute approximate surface area is 174 Å². The number of amides is 2. The Morgan fingerprint density at radius 3 is 2.63 bits per heavy atom. The molecule has 7 heteroatoms. The largest absolute Gasteiger partial charge is 0.350 e. The van der Waals surface area contributed by atoms with Gasteiger partial charge in [-0.25, -0.2) is 0 Å². The number of nitrogens with one attached hydrogen (secondary N) is 2. The van der Waals surface area contributed by atoms with E-state index in [1.807, 2.05) is 30.3 Å². The smallest absolute Gasteiger partial charge is 0.278 e. The number of para-hydroxylation sites is 1. The first kappa shape index (κ1) is 18.5. The van der Waals surface area contributed by atoms with Gasteiger partial charge in [-0.15, -0.1) is 0 Å². The Kier molecular flexibility index (Phi) is 4.76. The van der Waals surface area contributed by atoms with Crippen molar-refractivity contribution in [1.82, 2.24) is 5.32 Å². The molecule has 2 heterocycles. The minimum absolute atomic E-state index is 0.145. The van der Waals surface area contributed by atoms with Gasteiger partial charge in [-0.2, -0.15) is 0 Å². The molecule has 2 N–H and O–H groups in total. The lowest BCUT2D eigenvalue weighted by molar-refractivity contribution is -0.123. The summed E-state index contributed by atoms with van der Waals surface area (Å²) in [5, 5.41) is 6.28. The molecule has 0 saturated carbocycles. The molecule has 0 aromatic heterocycles. The van der Waals surface area contributed by atoms with Crippen LogP contribution in [0.3, 0.4) is 0 Å². The first-order valence-corrected chi connectivity index (χ1v) is 10.6. The highest BCUT2D eigenvalue weighted by Gasteiger charge is 2.54. The van der Waals surface area contributed by atoms with Gasteiger partial charge < -0.3 is 15.5 Å². The average molecular weight is 493 g/mol. The molecule has 0 bridgehead atoms. The van der Waals surface area contributed by atoms with Crippen molar-refractivity contribution in [3.63, 3.8) is 0 Å². The van der Waals surface area contributed by atoms with Gasteiger partial charge in [0.1, 0.15) is 0 Å². The van der Waals surface area contributed by atoms with Crippen LogP contribution in [0.15, 0.2) is 45.3 Å². The van der Waals surface area contributed by atoms with Crippen molar-refractivity contribution in [1.29, 1.82) is 0 Å². The number of carbonyl (C=O) groups is 2. The van der Waals surface area contributed by atoms with E-state index < -0.39 is 5.66 Å². The lowest BCUT2D eigenvalue weighted by Crippen LogP contribution is -2.60. The van der Waals surface area contributed by atoms with Crippen molar-refractivity contribution in [2.24, 2.45) is 0 Å². The van der Waals surface area contributed by atoms with Crippen LogP contribution in [0.1, 0.15) is 42.1 Å². The molecule has 0 saturated heterocycles. The van der Waals surface area contributed by atoms with E-state index in [1.54, 1.807) is 11.0 Å². The molecule has 0 radical (unpaired) electrons. The van der Waals surface area contributed by atoms with Crippen LogP contribution in [-0.2, 0) is 10.5 Å². The van der Waals surface area contributed by atoms with E-state index >= 15 is 0 Å². The van der Waals surface area contributed by atoms with Gasteiger partial charge in [0, 0.05) is 21.1 Å². The highest BCUT2D eigenvalue weighted by molar-refractivity contribution is 9.11. The average Bonchev–Trinajstić information content (AvgIpc) is 2.86. The quantitative estimate of drug-likeness (QED) is 0.605. The zero-order valence-corrected chi connectivity index (χ0v) is 18.0. The number of unbranched alkanes of at least 4 members (excludes halogenated alkanes) is 2. The van der Waals surface area contributed by atoms with Crippen molar-refractivity contribution in [2.75, 3.05) is 16.8 Å². The van der Waals surface area contributed by atoms with Crippen LogP contribution < -0.4 is 15.5 Å². The van der Waals surface area contributed by atoms with Crippen molar-refractivity contribution in [2.45, 2.75) is 31.8 Å². The van der Waals surface area contributed by atoms with Crippen LogP contribution in [0.25, 0.3) is 0 Å². The SMILES string of the molecule is CCCCCN1C(=O)C2(NC(=O)c3cc(Br)cc(Br)c3N2)c2ccccc21. The highest BCUT2D eigenvalue weighted by Crippen LogP contribution is 2.45. The van der Waals surface area contributed by atoms with E-state index in [2.05, 4.69) is 49.4 Å². The minimum Gasteiger partial charge on any atom is -0.350 e. The summed E-state index contributed by atoms with van der Waals surface area (Å²) < 4.78 is 1.52. The molecule has 2 aromatic rings. The van der Waals surface area contributed by atoms with Crippen molar-refractivity contribution in [3.05, 3.63) is 56.5 Å². The molecular weight excluding hydrogens is 474 g/mol. The zero-order chi connectivity index (χ0) is 19.2. The van der Waals surface area contributed by atoms with E-state index in [9.17, 15) is 9.59 Å². The zero-order valence-electron chi connectivity index (χ0n) is 14.8.